The number of thiophene rings is 1. The van der Waals surface area contributed by atoms with E-state index in [9.17, 15) is 9.18 Å². The molecule has 3 aromatic rings. The van der Waals surface area contributed by atoms with Crippen LogP contribution in [-0.4, -0.2) is 29.0 Å². The molecule has 0 aliphatic carbocycles. The lowest BCUT2D eigenvalue weighted by atomic mass is 9.91. The number of carbonyl (C=O) groups is 1. The van der Waals surface area contributed by atoms with Gasteiger partial charge in [-0.25, -0.2) is 9.18 Å². The van der Waals surface area contributed by atoms with Gasteiger partial charge in [0.25, 0.3) is 0 Å². The number of fused-ring (bicyclic) bond motifs is 1. The number of aryl methyl sites for hydroxylation is 1. The number of rotatable bonds is 4. The van der Waals surface area contributed by atoms with Gasteiger partial charge in [-0.05, 0) is 72.9 Å². The number of piperidine rings is 1. The zero-order chi connectivity index (χ0) is 19.5. The number of halogens is 1. The van der Waals surface area contributed by atoms with Crippen LogP contribution in [0, 0.1) is 11.7 Å². The monoisotopic (exact) mass is 397 g/mol. The average molecular weight is 398 g/mol. The minimum Gasteiger partial charge on any atom is -0.325 e. The summed E-state index contributed by atoms with van der Waals surface area (Å²) in [7, 11) is 0. The Balaban J connectivity index is 1.38. The molecule has 1 aliphatic heterocycles. The first kappa shape index (κ1) is 18.9. The van der Waals surface area contributed by atoms with Crippen LogP contribution in [0.2, 0.25) is 0 Å². The van der Waals surface area contributed by atoms with Crippen LogP contribution in [0.4, 0.5) is 14.9 Å². The van der Waals surface area contributed by atoms with E-state index in [1.165, 1.54) is 15.1 Å². The molecule has 0 radical (unpaired) electrons. The number of hydrogen-bond acceptors (Lipinski definition) is 3. The minimum absolute atomic E-state index is 0.0574. The van der Waals surface area contributed by atoms with Crippen molar-refractivity contribution >= 4 is 33.1 Å². The molecule has 1 aromatic carbocycles. The van der Waals surface area contributed by atoms with E-state index in [-0.39, 0.29) is 11.8 Å². The predicted molar refractivity (Wildman–Crippen MR) is 112 cm³/mol. The van der Waals surface area contributed by atoms with Crippen molar-refractivity contribution in [1.29, 1.82) is 0 Å². The minimum atomic E-state index is -0.167. The number of anilines is 1. The maximum absolute atomic E-state index is 13.7. The summed E-state index contributed by atoms with van der Waals surface area (Å²) in [6.07, 6.45) is 7.26. The number of amides is 2. The normalized spacial score (nSPS) is 15.1. The van der Waals surface area contributed by atoms with Crippen molar-refractivity contribution in [3.8, 4) is 0 Å². The van der Waals surface area contributed by atoms with E-state index >= 15 is 0 Å². The first-order valence-corrected chi connectivity index (χ1v) is 10.6. The number of likely N-dealkylation sites (tertiary alicyclic amines) is 1. The lowest BCUT2D eigenvalue weighted by Crippen LogP contribution is -2.41. The van der Waals surface area contributed by atoms with Crippen molar-refractivity contribution in [1.82, 2.24) is 9.88 Å². The van der Waals surface area contributed by atoms with Crippen LogP contribution in [0.3, 0.4) is 0 Å². The molecule has 0 spiro atoms. The number of carbonyl (C=O) groups excluding carboxylic acids is 1. The smallest absolute Gasteiger partial charge is 0.321 e. The first-order chi connectivity index (χ1) is 13.6. The van der Waals surface area contributed by atoms with Gasteiger partial charge < -0.3 is 10.2 Å². The highest BCUT2D eigenvalue weighted by Gasteiger charge is 2.24. The fourth-order valence-corrected chi connectivity index (χ4v) is 5.36. The van der Waals surface area contributed by atoms with Crippen LogP contribution in [0.1, 0.15) is 30.2 Å². The third kappa shape index (κ3) is 4.02. The van der Waals surface area contributed by atoms with E-state index in [1.54, 1.807) is 35.9 Å². The highest BCUT2D eigenvalue weighted by molar-refractivity contribution is 7.19. The van der Waals surface area contributed by atoms with E-state index in [0.29, 0.717) is 5.92 Å². The predicted octanol–water partition coefficient (Wildman–Crippen LogP) is 5.48. The zero-order valence-electron chi connectivity index (χ0n) is 16.0. The fraction of sp³-hybridized carbons (Fsp3) is 0.364. The summed E-state index contributed by atoms with van der Waals surface area (Å²) in [6.45, 7) is 3.66. The second-order valence-corrected chi connectivity index (χ2v) is 8.44. The highest BCUT2D eigenvalue weighted by Crippen LogP contribution is 2.35. The van der Waals surface area contributed by atoms with Gasteiger partial charge >= 0.3 is 6.03 Å². The van der Waals surface area contributed by atoms with Crippen LogP contribution in [0.25, 0.3) is 10.1 Å². The summed E-state index contributed by atoms with van der Waals surface area (Å²) in [4.78, 5) is 19.7. The van der Waals surface area contributed by atoms with Gasteiger partial charge in [0, 0.05) is 28.9 Å². The van der Waals surface area contributed by atoms with E-state index in [4.69, 9.17) is 0 Å². The highest BCUT2D eigenvalue weighted by atomic mass is 32.1. The molecule has 146 valence electrons. The van der Waals surface area contributed by atoms with Crippen molar-refractivity contribution in [3.63, 3.8) is 0 Å². The number of urea groups is 1. The summed E-state index contributed by atoms with van der Waals surface area (Å²) in [5.41, 5.74) is 2.01. The van der Waals surface area contributed by atoms with Crippen LogP contribution in [0.15, 0.2) is 42.7 Å². The van der Waals surface area contributed by atoms with E-state index in [0.717, 1.165) is 49.8 Å². The molecule has 28 heavy (non-hydrogen) atoms. The lowest BCUT2D eigenvalue weighted by Gasteiger charge is -2.32. The van der Waals surface area contributed by atoms with Crippen LogP contribution in [0.5, 0.6) is 0 Å². The van der Waals surface area contributed by atoms with Gasteiger partial charge in [0.1, 0.15) is 5.82 Å². The van der Waals surface area contributed by atoms with Crippen molar-refractivity contribution in [2.24, 2.45) is 5.92 Å². The Bertz CT molecular complexity index is 965. The maximum Gasteiger partial charge on any atom is 0.321 e. The lowest BCUT2D eigenvalue weighted by molar-refractivity contribution is 0.182. The van der Waals surface area contributed by atoms with Gasteiger partial charge in [0.15, 0.2) is 0 Å². The van der Waals surface area contributed by atoms with Gasteiger partial charge in [0.05, 0.1) is 11.9 Å². The number of pyridine rings is 1. The van der Waals surface area contributed by atoms with Crippen LogP contribution in [-0.2, 0) is 12.8 Å². The van der Waals surface area contributed by atoms with E-state index in [2.05, 4.69) is 17.2 Å². The van der Waals surface area contributed by atoms with Gasteiger partial charge in [0.2, 0.25) is 0 Å². The molecule has 0 bridgehead atoms. The molecule has 0 unspecified atom stereocenters. The number of nitrogens with zero attached hydrogens (tertiary/aromatic N) is 2. The van der Waals surface area contributed by atoms with Crippen molar-refractivity contribution in [2.75, 3.05) is 18.4 Å². The average Bonchev–Trinajstić information content (AvgIpc) is 3.05. The second-order valence-electron chi connectivity index (χ2n) is 7.30. The molecule has 3 heterocycles. The van der Waals surface area contributed by atoms with Gasteiger partial charge in [-0.1, -0.05) is 6.92 Å². The van der Waals surface area contributed by atoms with Crippen molar-refractivity contribution in [2.45, 2.75) is 32.6 Å². The molecule has 1 aliphatic rings. The Labute approximate surface area is 168 Å². The van der Waals surface area contributed by atoms with Crippen molar-refractivity contribution in [3.05, 3.63) is 59.0 Å². The van der Waals surface area contributed by atoms with Crippen LogP contribution >= 0.6 is 11.3 Å². The fourth-order valence-electron chi connectivity index (χ4n) is 3.97. The summed E-state index contributed by atoms with van der Waals surface area (Å²) in [6, 6.07) is 8.70. The number of benzene rings is 1. The standard InChI is InChI=1S/C22H24FN3OS/c1-2-18-19-13-16(23)5-6-20(19)28-21(18)12-15-7-10-26(11-8-15)22(27)25-17-4-3-9-24-14-17/h3-6,9,13-15H,2,7-8,10-12H2,1H3,(H,25,27). The molecule has 6 heteroatoms. The Hall–Kier alpha value is -2.47. The molecule has 1 N–H and O–H groups in total. The molecule has 0 saturated carbocycles. The Morgan fingerprint density at radius 3 is 2.86 bits per heavy atom. The molecule has 2 amide bonds. The Morgan fingerprint density at radius 2 is 2.14 bits per heavy atom. The Kier molecular flexibility index (Phi) is 5.57. The van der Waals surface area contributed by atoms with E-state index < -0.39 is 0 Å². The zero-order valence-corrected chi connectivity index (χ0v) is 16.8. The second kappa shape index (κ2) is 8.27. The maximum atomic E-state index is 13.7. The molecule has 0 atom stereocenters. The molecule has 2 aromatic heterocycles. The van der Waals surface area contributed by atoms with Gasteiger partial charge in [-0.2, -0.15) is 0 Å². The topological polar surface area (TPSA) is 45.2 Å². The quantitative estimate of drug-likeness (QED) is 0.633. The van der Waals surface area contributed by atoms with Gasteiger partial charge in [-0.3, -0.25) is 4.98 Å². The van der Waals surface area contributed by atoms with Crippen molar-refractivity contribution < 1.29 is 9.18 Å². The van der Waals surface area contributed by atoms with Gasteiger partial charge in [-0.15, -0.1) is 11.3 Å². The molecule has 4 rings (SSSR count). The third-order valence-corrected chi connectivity index (χ3v) is 6.71. The largest absolute Gasteiger partial charge is 0.325 e. The summed E-state index contributed by atoms with van der Waals surface area (Å²) < 4.78 is 14.8. The molecular weight excluding hydrogens is 373 g/mol. The number of hydrogen-bond donors (Lipinski definition) is 1. The van der Waals surface area contributed by atoms with Crippen LogP contribution < -0.4 is 5.32 Å². The third-order valence-electron chi connectivity index (χ3n) is 5.48. The summed E-state index contributed by atoms with van der Waals surface area (Å²) >= 11 is 1.79. The SMILES string of the molecule is CCc1c(CC2CCN(C(=O)Nc3cccnc3)CC2)sc2ccc(F)cc12. The number of aromatic nitrogens is 1. The molecule has 1 fully saturated rings. The molecule has 1 saturated heterocycles. The first-order valence-electron chi connectivity index (χ1n) is 9.79. The summed E-state index contributed by atoms with van der Waals surface area (Å²) in [5.74, 6) is 0.394. The molecule has 4 nitrogen and oxygen atoms in total. The number of nitrogens with one attached hydrogen (secondary N) is 1. The Morgan fingerprint density at radius 1 is 1.32 bits per heavy atom. The molecular formula is C22H24FN3OS. The van der Waals surface area contributed by atoms with E-state index in [1.807, 2.05) is 23.1 Å². The summed E-state index contributed by atoms with van der Waals surface area (Å²) in [5, 5.41) is 3.97.